The standard InChI is InChI=1S/C19H26N2O2.ClH/c22-19(21-11-9-17-15(13-21)8-10-20-17)16-7-4-12-23-18(16)14-5-2-1-3-6-14;/h1-3,5-6,15-18,20H,4,7-13H2;1H. The van der Waals surface area contributed by atoms with E-state index in [9.17, 15) is 4.79 Å². The first-order valence-electron chi connectivity index (χ1n) is 9.01. The molecule has 3 aliphatic rings. The number of nitrogens with zero attached hydrogens (tertiary/aromatic N) is 1. The molecular weight excluding hydrogens is 324 g/mol. The molecule has 4 rings (SSSR count). The van der Waals surface area contributed by atoms with E-state index in [-0.39, 0.29) is 24.4 Å². The molecule has 0 radical (unpaired) electrons. The number of carbonyl (C=O) groups excluding carboxylic acids is 1. The molecule has 0 bridgehead atoms. The normalized spacial score (nSPS) is 32.8. The summed E-state index contributed by atoms with van der Waals surface area (Å²) in [5, 5.41) is 3.57. The van der Waals surface area contributed by atoms with Gasteiger partial charge in [0.05, 0.1) is 12.0 Å². The van der Waals surface area contributed by atoms with Gasteiger partial charge in [-0.15, -0.1) is 12.4 Å². The molecule has 4 atom stereocenters. The second kappa shape index (κ2) is 7.85. The number of benzene rings is 1. The van der Waals surface area contributed by atoms with E-state index in [1.165, 1.54) is 6.42 Å². The number of rotatable bonds is 2. The van der Waals surface area contributed by atoms with Crippen LogP contribution >= 0.6 is 12.4 Å². The Kier molecular flexibility index (Phi) is 5.80. The lowest BCUT2D eigenvalue weighted by Crippen LogP contribution is -2.50. The third-order valence-electron chi connectivity index (χ3n) is 5.73. The Morgan fingerprint density at radius 1 is 1.17 bits per heavy atom. The van der Waals surface area contributed by atoms with Crippen LogP contribution < -0.4 is 5.32 Å². The van der Waals surface area contributed by atoms with E-state index < -0.39 is 0 Å². The molecule has 3 fully saturated rings. The molecule has 3 aliphatic heterocycles. The molecule has 0 aliphatic carbocycles. The minimum Gasteiger partial charge on any atom is -0.373 e. The van der Waals surface area contributed by atoms with Crippen molar-refractivity contribution in [3.8, 4) is 0 Å². The van der Waals surface area contributed by atoms with Gasteiger partial charge < -0.3 is 15.0 Å². The zero-order chi connectivity index (χ0) is 15.6. The van der Waals surface area contributed by atoms with Crippen molar-refractivity contribution in [1.29, 1.82) is 0 Å². The van der Waals surface area contributed by atoms with Crippen molar-refractivity contribution < 1.29 is 9.53 Å². The predicted octanol–water partition coefficient (Wildman–Crippen LogP) is 2.79. The van der Waals surface area contributed by atoms with Crippen LogP contribution in [0.1, 0.15) is 37.4 Å². The number of ether oxygens (including phenoxy) is 1. The second-order valence-electron chi connectivity index (χ2n) is 7.13. The molecule has 4 nitrogen and oxygen atoms in total. The molecule has 5 heteroatoms. The van der Waals surface area contributed by atoms with Crippen molar-refractivity contribution in [3.63, 3.8) is 0 Å². The van der Waals surface area contributed by atoms with Gasteiger partial charge in [0.1, 0.15) is 0 Å². The SMILES string of the molecule is Cl.O=C(C1CCCOC1c1ccccc1)N1CCC2NCCC2C1. The molecule has 0 saturated carbocycles. The van der Waals surface area contributed by atoms with E-state index in [1.54, 1.807) is 0 Å². The number of hydrogen-bond acceptors (Lipinski definition) is 3. The van der Waals surface area contributed by atoms with Crippen molar-refractivity contribution >= 4 is 18.3 Å². The van der Waals surface area contributed by atoms with Gasteiger partial charge in [-0.1, -0.05) is 30.3 Å². The van der Waals surface area contributed by atoms with E-state index >= 15 is 0 Å². The summed E-state index contributed by atoms with van der Waals surface area (Å²) in [5.74, 6) is 0.938. The highest BCUT2D eigenvalue weighted by molar-refractivity contribution is 5.85. The third kappa shape index (κ3) is 3.46. The largest absolute Gasteiger partial charge is 0.373 e. The summed E-state index contributed by atoms with van der Waals surface area (Å²) in [6, 6.07) is 10.9. The molecule has 1 amide bonds. The van der Waals surface area contributed by atoms with Gasteiger partial charge in [0.15, 0.2) is 0 Å². The highest BCUT2D eigenvalue weighted by Gasteiger charge is 2.40. The monoisotopic (exact) mass is 350 g/mol. The van der Waals surface area contributed by atoms with E-state index in [0.717, 1.165) is 51.1 Å². The van der Waals surface area contributed by atoms with Crippen molar-refractivity contribution in [1.82, 2.24) is 10.2 Å². The Labute approximate surface area is 150 Å². The fourth-order valence-electron chi connectivity index (χ4n) is 4.49. The highest BCUT2D eigenvalue weighted by atomic mass is 35.5. The molecule has 0 spiro atoms. The predicted molar refractivity (Wildman–Crippen MR) is 96.2 cm³/mol. The molecule has 1 N–H and O–H groups in total. The number of likely N-dealkylation sites (tertiary alicyclic amines) is 1. The van der Waals surface area contributed by atoms with Gasteiger partial charge in [-0.2, -0.15) is 0 Å². The molecule has 132 valence electrons. The fraction of sp³-hybridized carbons (Fsp3) is 0.632. The van der Waals surface area contributed by atoms with Crippen molar-refractivity contribution in [3.05, 3.63) is 35.9 Å². The van der Waals surface area contributed by atoms with Crippen LogP contribution in [-0.4, -0.2) is 43.1 Å². The summed E-state index contributed by atoms with van der Waals surface area (Å²) in [5.41, 5.74) is 1.14. The van der Waals surface area contributed by atoms with Crippen LogP contribution in [-0.2, 0) is 9.53 Å². The van der Waals surface area contributed by atoms with Crippen LogP contribution in [0.4, 0.5) is 0 Å². The maximum Gasteiger partial charge on any atom is 0.228 e. The minimum atomic E-state index is -0.0723. The molecule has 3 saturated heterocycles. The second-order valence-corrected chi connectivity index (χ2v) is 7.13. The smallest absolute Gasteiger partial charge is 0.228 e. The zero-order valence-corrected chi connectivity index (χ0v) is 14.8. The summed E-state index contributed by atoms with van der Waals surface area (Å²) < 4.78 is 6.02. The Hall–Kier alpha value is -1.10. The van der Waals surface area contributed by atoms with Crippen molar-refractivity contribution in [2.24, 2.45) is 11.8 Å². The highest BCUT2D eigenvalue weighted by Crippen LogP contribution is 2.36. The van der Waals surface area contributed by atoms with Gasteiger partial charge in [0, 0.05) is 25.7 Å². The quantitative estimate of drug-likeness (QED) is 0.891. The summed E-state index contributed by atoms with van der Waals surface area (Å²) >= 11 is 0. The van der Waals surface area contributed by atoms with Crippen molar-refractivity contribution in [2.75, 3.05) is 26.2 Å². The third-order valence-corrected chi connectivity index (χ3v) is 5.73. The first kappa shape index (κ1) is 17.7. The van der Waals surface area contributed by atoms with E-state index in [1.807, 2.05) is 18.2 Å². The van der Waals surface area contributed by atoms with E-state index in [0.29, 0.717) is 17.9 Å². The number of hydrogen-bond donors (Lipinski definition) is 1. The number of amides is 1. The number of fused-ring (bicyclic) bond motifs is 1. The molecule has 4 unspecified atom stereocenters. The van der Waals surface area contributed by atoms with Gasteiger partial charge >= 0.3 is 0 Å². The van der Waals surface area contributed by atoms with E-state index in [4.69, 9.17) is 4.74 Å². The van der Waals surface area contributed by atoms with Crippen LogP contribution in [0.5, 0.6) is 0 Å². The van der Waals surface area contributed by atoms with Gasteiger partial charge in [0.25, 0.3) is 0 Å². The van der Waals surface area contributed by atoms with Gasteiger partial charge in [0.2, 0.25) is 5.91 Å². The van der Waals surface area contributed by atoms with Crippen LogP contribution in [0.25, 0.3) is 0 Å². The average Bonchev–Trinajstić information content (AvgIpc) is 3.09. The molecule has 1 aromatic carbocycles. The number of piperidine rings is 1. The van der Waals surface area contributed by atoms with Crippen molar-refractivity contribution in [2.45, 2.75) is 37.8 Å². The zero-order valence-electron chi connectivity index (χ0n) is 14.0. The summed E-state index contributed by atoms with van der Waals surface area (Å²) in [7, 11) is 0. The topological polar surface area (TPSA) is 41.6 Å². The lowest BCUT2D eigenvalue weighted by Gasteiger charge is -2.39. The molecular formula is C19H27ClN2O2. The molecule has 1 aromatic rings. The number of nitrogens with one attached hydrogen (secondary N) is 1. The summed E-state index contributed by atoms with van der Waals surface area (Å²) in [6.45, 7) is 3.69. The number of halogens is 1. The fourth-order valence-corrected chi connectivity index (χ4v) is 4.49. The Morgan fingerprint density at radius 2 is 2.00 bits per heavy atom. The maximum atomic E-state index is 13.2. The summed E-state index contributed by atoms with van der Waals surface area (Å²) in [4.78, 5) is 15.3. The lowest BCUT2D eigenvalue weighted by atomic mass is 9.86. The minimum absolute atomic E-state index is 0. The van der Waals surface area contributed by atoms with Crippen LogP contribution in [0.3, 0.4) is 0 Å². The average molecular weight is 351 g/mol. The maximum absolute atomic E-state index is 13.2. The molecule has 24 heavy (non-hydrogen) atoms. The number of carbonyl (C=O) groups is 1. The first-order chi connectivity index (χ1) is 11.3. The summed E-state index contributed by atoms with van der Waals surface area (Å²) in [6.07, 6.45) is 4.16. The van der Waals surface area contributed by atoms with Crippen LogP contribution in [0.15, 0.2) is 30.3 Å². The first-order valence-corrected chi connectivity index (χ1v) is 9.01. The van der Waals surface area contributed by atoms with Crippen LogP contribution in [0, 0.1) is 11.8 Å². The van der Waals surface area contributed by atoms with Gasteiger partial charge in [-0.05, 0) is 43.7 Å². The Morgan fingerprint density at radius 3 is 2.83 bits per heavy atom. The van der Waals surface area contributed by atoms with Crippen LogP contribution in [0.2, 0.25) is 0 Å². The Bertz CT molecular complexity index is 554. The van der Waals surface area contributed by atoms with E-state index in [2.05, 4.69) is 22.3 Å². The van der Waals surface area contributed by atoms with Gasteiger partial charge in [-0.25, -0.2) is 0 Å². The molecule has 0 aromatic heterocycles. The van der Waals surface area contributed by atoms with Gasteiger partial charge in [-0.3, -0.25) is 4.79 Å². The molecule has 3 heterocycles. The Balaban J connectivity index is 0.00000169. The lowest BCUT2D eigenvalue weighted by molar-refractivity contribution is -0.147.